The van der Waals surface area contributed by atoms with Crippen LogP contribution in [0.1, 0.15) is 34.1 Å². The van der Waals surface area contributed by atoms with Gasteiger partial charge in [0, 0.05) is 37.2 Å². The number of rotatable bonds is 12. The Balaban J connectivity index is 0.000000181. The van der Waals surface area contributed by atoms with E-state index in [1.165, 1.54) is 24.3 Å². The molecule has 2 N–H and O–H groups in total. The Morgan fingerprint density at radius 1 is 0.500 bits per heavy atom. The molecule has 60 heavy (non-hydrogen) atoms. The lowest BCUT2D eigenvalue weighted by atomic mass is 9.87. The lowest BCUT2D eigenvalue weighted by Crippen LogP contribution is -2.15. The highest BCUT2D eigenvalue weighted by Gasteiger charge is 2.32. The van der Waals surface area contributed by atoms with Crippen molar-refractivity contribution in [2.24, 2.45) is 0 Å². The number of nitrogens with zero attached hydrogens (tertiary/aromatic N) is 2. The molecule has 2 atom stereocenters. The molecule has 304 valence electrons. The van der Waals surface area contributed by atoms with E-state index in [1.54, 1.807) is 36.4 Å². The van der Waals surface area contributed by atoms with Crippen molar-refractivity contribution >= 4 is 42.3 Å². The number of para-hydroxylation sites is 1. The van der Waals surface area contributed by atoms with Crippen LogP contribution in [0.2, 0.25) is 0 Å². The number of hydrogen-bond acceptors (Lipinski definition) is 8. The molecule has 8 aromatic rings. The summed E-state index contributed by atoms with van der Waals surface area (Å²) in [5.41, 5.74) is 6.40. The maximum absolute atomic E-state index is 14.2. The molecule has 0 fully saturated rings. The average molecular weight is 849 g/mol. The summed E-state index contributed by atoms with van der Waals surface area (Å²) in [5, 5.41) is 24.0. The molecule has 8 rings (SSSR count). The SMILES string of the molecule is O=[N+]([O-])CC(c1ccc(S(=O)(=O)F)cc1)c1c(-c2ccccc2)[nH]c2ccccc12.O=[N+]([O-])CC(c1ccccc1)c1c(-c2ccccc2)[nH]c2cccc(S(=O)(=O)F)c12. The van der Waals surface area contributed by atoms with Crippen molar-refractivity contribution < 1.29 is 34.5 Å². The van der Waals surface area contributed by atoms with Crippen LogP contribution in [-0.4, -0.2) is 49.7 Å². The van der Waals surface area contributed by atoms with E-state index in [4.69, 9.17) is 0 Å². The van der Waals surface area contributed by atoms with Gasteiger partial charge >= 0.3 is 20.4 Å². The number of halogens is 2. The summed E-state index contributed by atoms with van der Waals surface area (Å²) in [4.78, 5) is 27.8. The first-order valence-corrected chi connectivity index (χ1v) is 21.1. The van der Waals surface area contributed by atoms with Crippen LogP contribution < -0.4 is 0 Å². The minimum Gasteiger partial charge on any atom is -0.354 e. The molecule has 0 bridgehead atoms. The smallest absolute Gasteiger partial charge is 0.332 e. The van der Waals surface area contributed by atoms with Crippen molar-refractivity contribution in [2.45, 2.75) is 21.6 Å². The molecular weight excluding hydrogens is 815 g/mol. The molecule has 0 spiro atoms. The minimum absolute atomic E-state index is 0.134. The topological polar surface area (TPSA) is 186 Å². The first kappa shape index (κ1) is 41.1. The number of H-pyrrole nitrogens is 2. The zero-order chi connectivity index (χ0) is 42.6. The first-order chi connectivity index (χ1) is 28.7. The van der Waals surface area contributed by atoms with Gasteiger partial charge in [0.2, 0.25) is 13.1 Å². The number of fused-ring (bicyclic) bond motifs is 2. The van der Waals surface area contributed by atoms with Crippen LogP contribution in [0.15, 0.2) is 168 Å². The third kappa shape index (κ3) is 8.84. The second-order valence-corrected chi connectivity index (χ2v) is 16.4. The fourth-order valence-corrected chi connectivity index (χ4v) is 8.72. The Morgan fingerprint density at radius 2 is 0.950 bits per heavy atom. The quantitative estimate of drug-likeness (QED) is 0.0691. The van der Waals surface area contributed by atoms with Crippen molar-refractivity contribution in [3.05, 3.63) is 200 Å². The largest absolute Gasteiger partial charge is 0.354 e. The summed E-state index contributed by atoms with van der Waals surface area (Å²) in [6.45, 7) is -0.874. The van der Waals surface area contributed by atoms with E-state index in [2.05, 4.69) is 9.97 Å². The van der Waals surface area contributed by atoms with E-state index < -0.39 is 65.0 Å². The van der Waals surface area contributed by atoms with Crippen molar-refractivity contribution in [3.8, 4) is 22.5 Å². The van der Waals surface area contributed by atoms with Gasteiger partial charge in [-0.25, -0.2) is 0 Å². The molecule has 0 saturated heterocycles. The molecule has 0 aliphatic carbocycles. The van der Waals surface area contributed by atoms with Gasteiger partial charge in [0.05, 0.1) is 28.1 Å². The van der Waals surface area contributed by atoms with E-state index >= 15 is 0 Å². The summed E-state index contributed by atoms with van der Waals surface area (Å²) in [6, 6.07) is 44.2. The average Bonchev–Trinajstić information content (AvgIpc) is 3.82. The standard InChI is InChI=1S/2C22H17FN2O4S/c23-30(28,29)19-13-7-12-18-21(19)20(22(24-18)16-10-5-2-6-11-16)17(14-25(26)27)15-8-3-1-4-9-15;23-30(28,29)17-12-10-15(11-13-17)19(14-25(26)27)21-18-8-4-5-9-20(18)24-22(21)16-6-2-1-3-7-16/h1-13,17,24H,14H2;1-13,19,24H,14H2. The Labute approximate surface area is 342 Å². The van der Waals surface area contributed by atoms with Crippen LogP contribution in [0.25, 0.3) is 44.3 Å². The Kier molecular flexibility index (Phi) is 11.7. The molecule has 16 heteroatoms. The fraction of sp³-hybridized carbons (Fsp3) is 0.0909. The highest BCUT2D eigenvalue weighted by molar-refractivity contribution is 7.86. The molecule has 0 saturated carbocycles. The fourth-order valence-electron chi connectivity index (χ4n) is 7.56. The highest BCUT2D eigenvalue weighted by atomic mass is 32.3. The number of benzene rings is 6. The van der Waals surface area contributed by atoms with Gasteiger partial charge in [-0.2, -0.15) is 16.8 Å². The number of aromatic nitrogens is 2. The van der Waals surface area contributed by atoms with E-state index in [0.29, 0.717) is 27.9 Å². The maximum atomic E-state index is 14.2. The van der Waals surface area contributed by atoms with Crippen LogP contribution in [-0.2, 0) is 20.4 Å². The second-order valence-electron chi connectivity index (χ2n) is 13.8. The summed E-state index contributed by atoms with van der Waals surface area (Å²) in [6.07, 6.45) is 0. The number of nitro groups is 2. The van der Waals surface area contributed by atoms with Gasteiger partial charge in [-0.3, -0.25) is 20.2 Å². The molecule has 2 aromatic heterocycles. The van der Waals surface area contributed by atoms with Gasteiger partial charge in [0.15, 0.2) is 0 Å². The maximum Gasteiger partial charge on any atom is 0.332 e. The van der Waals surface area contributed by atoms with Crippen LogP contribution in [0, 0.1) is 20.2 Å². The van der Waals surface area contributed by atoms with E-state index in [1.807, 2.05) is 84.9 Å². The zero-order valence-electron chi connectivity index (χ0n) is 31.3. The lowest BCUT2D eigenvalue weighted by Gasteiger charge is -2.16. The molecule has 0 radical (unpaired) electrons. The van der Waals surface area contributed by atoms with E-state index in [9.17, 15) is 44.8 Å². The molecule has 0 amide bonds. The molecule has 12 nitrogen and oxygen atoms in total. The third-order valence-corrected chi connectivity index (χ3v) is 11.8. The predicted molar refractivity (Wildman–Crippen MR) is 224 cm³/mol. The zero-order valence-corrected chi connectivity index (χ0v) is 32.9. The normalized spacial score (nSPS) is 12.7. The molecule has 2 unspecified atom stereocenters. The van der Waals surface area contributed by atoms with Gasteiger partial charge in [-0.1, -0.05) is 127 Å². The molecular formula is C44H34F2N4O8S2. The highest BCUT2D eigenvalue weighted by Crippen LogP contribution is 2.42. The molecule has 6 aromatic carbocycles. The summed E-state index contributed by atoms with van der Waals surface area (Å²) < 4.78 is 73.6. The second kappa shape index (κ2) is 17.1. The summed E-state index contributed by atoms with van der Waals surface area (Å²) in [5.74, 6) is -1.45. The number of hydrogen-bond donors (Lipinski definition) is 2. The van der Waals surface area contributed by atoms with E-state index in [0.717, 1.165) is 45.4 Å². The van der Waals surface area contributed by atoms with Crippen LogP contribution in [0.4, 0.5) is 7.77 Å². The summed E-state index contributed by atoms with van der Waals surface area (Å²) in [7, 11) is -9.90. The van der Waals surface area contributed by atoms with Crippen molar-refractivity contribution in [1.29, 1.82) is 0 Å². The Bertz CT molecular complexity index is 3050. The van der Waals surface area contributed by atoms with Crippen LogP contribution >= 0.6 is 0 Å². The van der Waals surface area contributed by atoms with Gasteiger partial charge in [0.25, 0.3) is 0 Å². The number of aromatic amines is 2. The minimum atomic E-state index is -5.05. The van der Waals surface area contributed by atoms with Gasteiger partial charge in [-0.05, 0) is 58.1 Å². The Hall–Kier alpha value is -7.04. The van der Waals surface area contributed by atoms with Gasteiger partial charge in [-0.15, -0.1) is 7.77 Å². The van der Waals surface area contributed by atoms with Gasteiger partial charge < -0.3 is 9.97 Å². The molecule has 2 heterocycles. The molecule has 0 aliphatic rings. The monoisotopic (exact) mass is 848 g/mol. The van der Waals surface area contributed by atoms with E-state index in [-0.39, 0.29) is 5.39 Å². The Morgan fingerprint density at radius 3 is 1.48 bits per heavy atom. The first-order valence-electron chi connectivity index (χ1n) is 18.3. The third-order valence-electron chi connectivity index (χ3n) is 10.1. The van der Waals surface area contributed by atoms with Gasteiger partial charge in [0.1, 0.15) is 4.90 Å². The molecule has 0 aliphatic heterocycles. The van der Waals surface area contributed by atoms with Crippen molar-refractivity contribution in [2.75, 3.05) is 13.1 Å². The summed E-state index contributed by atoms with van der Waals surface area (Å²) >= 11 is 0. The van der Waals surface area contributed by atoms with Crippen molar-refractivity contribution in [1.82, 2.24) is 9.97 Å². The predicted octanol–water partition coefficient (Wildman–Crippen LogP) is 9.80. The van der Waals surface area contributed by atoms with Crippen molar-refractivity contribution in [3.63, 3.8) is 0 Å². The number of nitrogens with one attached hydrogen (secondary N) is 2. The van der Waals surface area contributed by atoms with Crippen LogP contribution in [0.3, 0.4) is 0 Å². The van der Waals surface area contributed by atoms with Crippen LogP contribution in [0.5, 0.6) is 0 Å². The lowest BCUT2D eigenvalue weighted by molar-refractivity contribution is -0.481.